The second-order valence-corrected chi connectivity index (χ2v) is 3.54. The van der Waals surface area contributed by atoms with Crippen molar-refractivity contribution in [1.29, 1.82) is 5.41 Å². The number of carbonyl (C=O) groups excluding carboxylic acids is 1. The van der Waals surface area contributed by atoms with Gasteiger partial charge in [-0.05, 0) is 26.0 Å². The van der Waals surface area contributed by atoms with E-state index in [0.29, 0.717) is 0 Å². The topological polar surface area (TPSA) is 70.4 Å². The molecule has 4 nitrogen and oxygen atoms in total. The molecule has 18 heavy (non-hydrogen) atoms. The Balaban J connectivity index is 3.18. The predicted octanol–water partition coefficient (Wildman–Crippen LogP) is 2.59. The number of carbonyl (C=O) groups is 1. The van der Waals surface area contributed by atoms with Gasteiger partial charge in [-0.2, -0.15) is 0 Å². The van der Waals surface area contributed by atoms with E-state index < -0.39 is 17.5 Å². The summed E-state index contributed by atoms with van der Waals surface area (Å²) in [6.07, 6.45) is 0. The van der Waals surface area contributed by atoms with Crippen molar-refractivity contribution in [3.63, 3.8) is 0 Å². The lowest BCUT2D eigenvalue weighted by atomic mass is 10.0. The highest BCUT2D eigenvalue weighted by Gasteiger charge is 2.22. The van der Waals surface area contributed by atoms with Gasteiger partial charge >= 0.3 is 5.97 Å². The maximum Gasteiger partial charge on any atom is 0.343 e. The summed E-state index contributed by atoms with van der Waals surface area (Å²) in [6, 6.07) is 5.56. The van der Waals surface area contributed by atoms with Crippen molar-refractivity contribution in [3.8, 4) is 0 Å². The van der Waals surface area contributed by atoms with E-state index >= 15 is 0 Å². The average molecular weight is 251 g/mol. The van der Waals surface area contributed by atoms with Gasteiger partial charge in [0.2, 0.25) is 0 Å². The molecule has 0 amide bonds. The first-order valence-corrected chi connectivity index (χ1v) is 5.39. The summed E-state index contributed by atoms with van der Waals surface area (Å²) < 4.78 is 18.2. The Labute approximate surface area is 104 Å². The molecule has 0 saturated heterocycles. The van der Waals surface area contributed by atoms with Crippen LogP contribution in [0.5, 0.6) is 0 Å². The quantitative estimate of drug-likeness (QED) is 0.374. The smallest absolute Gasteiger partial charge is 0.343 e. The maximum absolute atomic E-state index is 13.5. The minimum absolute atomic E-state index is 0.0612. The van der Waals surface area contributed by atoms with Crippen LogP contribution in [0.25, 0.3) is 0 Å². The molecule has 0 aromatic heterocycles. The molecule has 0 radical (unpaired) electrons. The van der Waals surface area contributed by atoms with Crippen molar-refractivity contribution < 1.29 is 19.0 Å². The maximum atomic E-state index is 13.5. The van der Waals surface area contributed by atoms with Crippen LogP contribution in [0, 0.1) is 11.2 Å². The Morgan fingerprint density at radius 3 is 2.56 bits per heavy atom. The van der Waals surface area contributed by atoms with E-state index in [1.165, 1.54) is 25.1 Å². The van der Waals surface area contributed by atoms with Crippen molar-refractivity contribution in [3.05, 3.63) is 47.0 Å². The summed E-state index contributed by atoms with van der Waals surface area (Å²) in [4.78, 5) is 11.6. The molecular weight excluding hydrogens is 237 g/mol. The number of rotatable bonds is 4. The summed E-state index contributed by atoms with van der Waals surface area (Å²) in [5, 5.41) is 17.3. The average Bonchev–Trinajstić information content (AvgIpc) is 2.29. The van der Waals surface area contributed by atoms with Crippen LogP contribution in [-0.4, -0.2) is 23.4 Å². The molecule has 0 spiro atoms. The van der Waals surface area contributed by atoms with E-state index in [9.17, 15) is 14.3 Å². The zero-order chi connectivity index (χ0) is 13.7. The minimum Gasteiger partial charge on any atom is -0.512 e. The van der Waals surface area contributed by atoms with Gasteiger partial charge in [0.1, 0.15) is 17.1 Å². The molecule has 0 bridgehead atoms. The van der Waals surface area contributed by atoms with E-state index in [0.717, 1.165) is 0 Å². The number of halogens is 1. The molecule has 0 aliphatic carbocycles. The lowest BCUT2D eigenvalue weighted by molar-refractivity contribution is -0.138. The largest absolute Gasteiger partial charge is 0.512 e. The van der Waals surface area contributed by atoms with Crippen LogP contribution in [-0.2, 0) is 9.53 Å². The van der Waals surface area contributed by atoms with Crippen LogP contribution in [0.2, 0.25) is 0 Å². The van der Waals surface area contributed by atoms with Crippen molar-refractivity contribution in [2.75, 3.05) is 6.61 Å². The number of esters is 1. The summed E-state index contributed by atoms with van der Waals surface area (Å²) in [5.74, 6) is -1.85. The van der Waals surface area contributed by atoms with E-state index in [2.05, 4.69) is 0 Å². The highest BCUT2D eigenvalue weighted by Crippen LogP contribution is 2.16. The number of ether oxygens (including phenoxy) is 1. The van der Waals surface area contributed by atoms with Gasteiger partial charge in [-0.3, -0.25) is 5.41 Å². The third-order valence-corrected chi connectivity index (χ3v) is 2.23. The van der Waals surface area contributed by atoms with Crippen molar-refractivity contribution in [2.24, 2.45) is 0 Å². The highest BCUT2D eigenvalue weighted by atomic mass is 19.1. The standard InChI is InChI=1S/C13H14FNO3/c1-3-18-13(17)11(8(2)16)12(15)9-6-4-5-7-10(9)14/h4-7,15-16H,3H2,1-2H3. The Morgan fingerprint density at radius 1 is 1.44 bits per heavy atom. The zero-order valence-corrected chi connectivity index (χ0v) is 10.2. The van der Waals surface area contributed by atoms with Gasteiger partial charge in [-0.25, -0.2) is 9.18 Å². The first-order chi connectivity index (χ1) is 8.49. The molecule has 0 aliphatic rings. The second-order valence-electron chi connectivity index (χ2n) is 3.54. The van der Waals surface area contributed by atoms with Gasteiger partial charge in [-0.1, -0.05) is 12.1 Å². The monoisotopic (exact) mass is 251 g/mol. The SMILES string of the molecule is CCOC(=O)C(C(=N)c1ccccc1F)=C(C)O. The number of aliphatic hydroxyl groups excluding tert-OH is 1. The van der Waals surface area contributed by atoms with E-state index in [1.54, 1.807) is 13.0 Å². The van der Waals surface area contributed by atoms with Crippen molar-refractivity contribution >= 4 is 11.7 Å². The highest BCUT2D eigenvalue weighted by molar-refractivity contribution is 6.25. The minimum atomic E-state index is -0.842. The lowest BCUT2D eigenvalue weighted by Crippen LogP contribution is -2.19. The van der Waals surface area contributed by atoms with Gasteiger partial charge < -0.3 is 9.84 Å². The van der Waals surface area contributed by atoms with E-state index in [4.69, 9.17) is 10.1 Å². The van der Waals surface area contributed by atoms with Crippen LogP contribution in [0.3, 0.4) is 0 Å². The number of benzene rings is 1. The molecule has 0 heterocycles. The Kier molecular flexibility index (Phi) is 4.59. The van der Waals surface area contributed by atoms with Crippen molar-refractivity contribution in [1.82, 2.24) is 0 Å². The molecule has 0 aliphatic heterocycles. The number of aliphatic hydroxyl groups is 1. The summed E-state index contributed by atoms with van der Waals surface area (Å²) in [7, 11) is 0. The predicted molar refractivity (Wildman–Crippen MR) is 65.2 cm³/mol. The van der Waals surface area contributed by atoms with Crippen molar-refractivity contribution in [2.45, 2.75) is 13.8 Å². The zero-order valence-electron chi connectivity index (χ0n) is 10.2. The number of hydrogen-bond acceptors (Lipinski definition) is 4. The van der Waals surface area contributed by atoms with Gasteiger partial charge in [0.25, 0.3) is 0 Å². The third-order valence-electron chi connectivity index (χ3n) is 2.23. The lowest BCUT2D eigenvalue weighted by Gasteiger charge is -2.10. The van der Waals surface area contributed by atoms with Gasteiger partial charge in [0.05, 0.1) is 12.3 Å². The molecule has 2 N–H and O–H groups in total. The van der Waals surface area contributed by atoms with Crippen LogP contribution in [0.1, 0.15) is 19.4 Å². The fourth-order valence-electron chi connectivity index (χ4n) is 1.43. The van der Waals surface area contributed by atoms with E-state index in [1.807, 2.05) is 0 Å². The second kappa shape index (κ2) is 5.95. The number of allylic oxidation sites excluding steroid dienone is 1. The first kappa shape index (κ1) is 13.9. The Hall–Kier alpha value is -2.17. The molecule has 5 heteroatoms. The van der Waals surface area contributed by atoms with Gasteiger partial charge in [-0.15, -0.1) is 0 Å². The summed E-state index contributed by atoms with van der Waals surface area (Å²) >= 11 is 0. The normalized spacial score (nSPS) is 11.7. The summed E-state index contributed by atoms with van der Waals surface area (Å²) in [6.45, 7) is 2.97. The van der Waals surface area contributed by atoms with Crippen LogP contribution < -0.4 is 0 Å². The van der Waals surface area contributed by atoms with Crippen LogP contribution >= 0.6 is 0 Å². The molecule has 1 aromatic rings. The molecule has 0 fully saturated rings. The Bertz CT molecular complexity index is 505. The molecule has 0 saturated carbocycles. The Morgan fingerprint density at radius 2 is 2.06 bits per heavy atom. The number of nitrogens with one attached hydrogen (secondary N) is 1. The third kappa shape index (κ3) is 2.94. The van der Waals surface area contributed by atoms with Gasteiger partial charge in [0, 0.05) is 5.56 Å². The fraction of sp³-hybridized carbons (Fsp3) is 0.231. The molecule has 1 aromatic carbocycles. The molecule has 96 valence electrons. The fourth-order valence-corrected chi connectivity index (χ4v) is 1.43. The molecule has 0 atom stereocenters. The van der Waals surface area contributed by atoms with E-state index in [-0.39, 0.29) is 23.5 Å². The molecule has 0 unspecified atom stereocenters. The van der Waals surface area contributed by atoms with Crippen LogP contribution in [0.4, 0.5) is 4.39 Å². The molecule has 1 rings (SSSR count). The first-order valence-electron chi connectivity index (χ1n) is 5.39. The van der Waals surface area contributed by atoms with Crippen LogP contribution in [0.15, 0.2) is 35.6 Å². The van der Waals surface area contributed by atoms with Gasteiger partial charge in [0.15, 0.2) is 0 Å². The summed E-state index contributed by atoms with van der Waals surface area (Å²) in [5.41, 5.74) is -0.789. The molecular formula is C13H14FNO3. The number of hydrogen-bond donors (Lipinski definition) is 2.